The van der Waals surface area contributed by atoms with Crippen LogP contribution >= 0.6 is 11.3 Å². The molecule has 0 spiro atoms. The number of rotatable bonds is 1. The molecule has 1 aromatic rings. The first kappa shape index (κ1) is 7.73. The molecule has 1 aromatic heterocycles. The van der Waals surface area contributed by atoms with Crippen LogP contribution in [0.3, 0.4) is 0 Å². The lowest BCUT2D eigenvalue weighted by Gasteiger charge is -2.07. The van der Waals surface area contributed by atoms with Crippen LogP contribution < -0.4 is 0 Å². The molecular weight excluding hydrogens is 172 g/mol. The van der Waals surface area contributed by atoms with Crippen molar-refractivity contribution < 1.29 is 4.74 Å². The molecule has 0 bridgehead atoms. The van der Waals surface area contributed by atoms with Crippen molar-refractivity contribution in [2.75, 3.05) is 6.61 Å². The first-order chi connectivity index (χ1) is 5.67. The standard InChI is InChI=1S/C8H10N2OS/c1-8(2)4-11-7(10-8)6-3-12-5-9-6/h3,5H,4H2,1-2H3. The molecule has 0 N–H and O–H groups in total. The number of thiazole rings is 1. The summed E-state index contributed by atoms with van der Waals surface area (Å²) < 4.78 is 5.41. The van der Waals surface area contributed by atoms with E-state index in [1.54, 1.807) is 16.8 Å². The largest absolute Gasteiger partial charge is 0.474 e. The van der Waals surface area contributed by atoms with Crippen LogP contribution in [-0.4, -0.2) is 23.0 Å². The Morgan fingerprint density at radius 2 is 2.42 bits per heavy atom. The second-order valence-corrected chi connectivity index (χ2v) is 4.11. The summed E-state index contributed by atoms with van der Waals surface area (Å²) in [5, 5.41) is 1.94. The van der Waals surface area contributed by atoms with Gasteiger partial charge in [0.1, 0.15) is 12.3 Å². The summed E-state index contributed by atoms with van der Waals surface area (Å²) in [5.41, 5.74) is 2.55. The molecule has 0 aliphatic carbocycles. The zero-order valence-corrected chi connectivity index (χ0v) is 7.89. The summed E-state index contributed by atoms with van der Waals surface area (Å²) in [6, 6.07) is 0. The maximum absolute atomic E-state index is 5.41. The van der Waals surface area contributed by atoms with E-state index in [0.29, 0.717) is 12.5 Å². The van der Waals surface area contributed by atoms with Crippen LogP contribution in [0.2, 0.25) is 0 Å². The number of nitrogens with zero attached hydrogens (tertiary/aromatic N) is 2. The van der Waals surface area contributed by atoms with Gasteiger partial charge in [0.25, 0.3) is 0 Å². The molecule has 4 heteroatoms. The molecular formula is C8H10N2OS. The quantitative estimate of drug-likeness (QED) is 0.662. The number of hydrogen-bond acceptors (Lipinski definition) is 4. The van der Waals surface area contributed by atoms with E-state index in [4.69, 9.17) is 4.74 Å². The first-order valence-corrected chi connectivity index (χ1v) is 4.73. The summed E-state index contributed by atoms with van der Waals surface area (Å²) in [4.78, 5) is 8.53. The lowest BCUT2D eigenvalue weighted by Crippen LogP contribution is -2.17. The number of aromatic nitrogens is 1. The molecule has 0 fully saturated rings. The summed E-state index contributed by atoms with van der Waals surface area (Å²) in [5.74, 6) is 0.682. The van der Waals surface area contributed by atoms with Crippen LogP contribution in [0, 0.1) is 0 Å². The minimum absolute atomic E-state index is 0.0844. The predicted octanol–water partition coefficient (Wildman–Crippen LogP) is 1.70. The van der Waals surface area contributed by atoms with Crippen LogP contribution in [0.25, 0.3) is 0 Å². The van der Waals surface area contributed by atoms with E-state index >= 15 is 0 Å². The Morgan fingerprint density at radius 3 is 2.92 bits per heavy atom. The zero-order valence-electron chi connectivity index (χ0n) is 7.07. The van der Waals surface area contributed by atoms with E-state index in [1.165, 1.54) is 0 Å². The number of hydrogen-bond donors (Lipinski definition) is 0. The predicted molar refractivity (Wildman–Crippen MR) is 48.7 cm³/mol. The van der Waals surface area contributed by atoms with Crippen molar-refractivity contribution in [1.82, 2.24) is 4.98 Å². The van der Waals surface area contributed by atoms with Crippen LogP contribution in [0.5, 0.6) is 0 Å². The third-order valence-corrected chi connectivity index (χ3v) is 2.20. The molecule has 1 aliphatic rings. The third-order valence-electron chi connectivity index (χ3n) is 1.62. The van der Waals surface area contributed by atoms with E-state index in [9.17, 15) is 0 Å². The summed E-state index contributed by atoms with van der Waals surface area (Å²) in [6.07, 6.45) is 0. The van der Waals surface area contributed by atoms with Crippen molar-refractivity contribution in [3.63, 3.8) is 0 Å². The Bertz CT molecular complexity index is 303. The van der Waals surface area contributed by atoms with Crippen molar-refractivity contribution >= 4 is 17.2 Å². The highest BCUT2D eigenvalue weighted by atomic mass is 32.1. The Hall–Kier alpha value is -0.900. The van der Waals surface area contributed by atoms with Crippen LogP contribution in [0.15, 0.2) is 15.9 Å². The zero-order chi connectivity index (χ0) is 8.60. The normalized spacial score (nSPS) is 20.3. The Balaban J connectivity index is 2.28. The summed E-state index contributed by atoms with van der Waals surface area (Å²) in [7, 11) is 0. The molecule has 0 aromatic carbocycles. The minimum Gasteiger partial charge on any atom is -0.474 e. The van der Waals surface area contributed by atoms with E-state index in [1.807, 2.05) is 19.2 Å². The van der Waals surface area contributed by atoms with Gasteiger partial charge in [-0.15, -0.1) is 11.3 Å². The molecule has 12 heavy (non-hydrogen) atoms. The Kier molecular flexibility index (Phi) is 1.65. The van der Waals surface area contributed by atoms with Crippen LogP contribution in [0.1, 0.15) is 19.5 Å². The highest BCUT2D eigenvalue weighted by Gasteiger charge is 2.27. The van der Waals surface area contributed by atoms with Crippen molar-refractivity contribution in [2.24, 2.45) is 4.99 Å². The van der Waals surface area contributed by atoms with E-state index < -0.39 is 0 Å². The van der Waals surface area contributed by atoms with Gasteiger partial charge in [-0.25, -0.2) is 9.98 Å². The van der Waals surface area contributed by atoms with Crippen molar-refractivity contribution in [1.29, 1.82) is 0 Å². The third kappa shape index (κ3) is 1.34. The lowest BCUT2D eigenvalue weighted by molar-refractivity contribution is 0.279. The van der Waals surface area contributed by atoms with E-state index in [0.717, 1.165) is 5.69 Å². The van der Waals surface area contributed by atoms with Crippen LogP contribution in [0.4, 0.5) is 0 Å². The molecule has 0 saturated carbocycles. The second-order valence-electron chi connectivity index (χ2n) is 3.39. The van der Waals surface area contributed by atoms with Gasteiger partial charge in [-0.3, -0.25) is 0 Å². The van der Waals surface area contributed by atoms with Gasteiger partial charge in [0, 0.05) is 5.38 Å². The average molecular weight is 182 g/mol. The fourth-order valence-electron chi connectivity index (χ4n) is 1.03. The van der Waals surface area contributed by atoms with Crippen molar-refractivity contribution in [3.05, 3.63) is 16.6 Å². The SMILES string of the molecule is CC1(C)COC(c2cscn2)=N1. The summed E-state index contributed by atoms with van der Waals surface area (Å²) in [6.45, 7) is 4.75. The van der Waals surface area contributed by atoms with Gasteiger partial charge in [-0.05, 0) is 13.8 Å². The molecule has 64 valence electrons. The topological polar surface area (TPSA) is 34.5 Å². The van der Waals surface area contributed by atoms with Gasteiger partial charge in [0.05, 0.1) is 11.0 Å². The summed E-state index contributed by atoms with van der Waals surface area (Å²) >= 11 is 1.55. The highest BCUT2D eigenvalue weighted by molar-refractivity contribution is 7.07. The molecule has 1 aliphatic heterocycles. The van der Waals surface area contributed by atoms with E-state index in [-0.39, 0.29) is 5.54 Å². The van der Waals surface area contributed by atoms with Gasteiger partial charge >= 0.3 is 0 Å². The maximum atomic E-state index is 5.41. The average Bonchev–Trinajstić information content (AvgIpc) is 2.55. The maximum Gasteiger partial charge on any atom is 0.236 e. The first-order valence-electron chi connectivity index (χ1n) is 3.79. The molecule has 0 amide bonds. The van der Waals surface area contributed by atoms with Crippen molar-refractivity contribution in [2.45, 2.75) is 19.4 Å². The molecule has 0 atom stereocenters. The molecule has 0 radical (unpaired) electrons. The monoisotopic (exact) mass is 182 g/mol. The molecule has 0 saturated heterocycles. The van der Waals surface area contributed by atoms with Crippen molar-refractivity contribution in [3.8, 4) is 0 Å². The Morgan fingerprint density at radius 1 is 1.58 bits per heavy atom. The lowest BCUT2D eigenvalue weighted by atomic mass is 10.1. The highest BCUT2D eigenvalue weighted by Crippen LogP contribution is 2.20. The fraction of sp³-hybridized carbons (Fsp3) is 0.500. The number of ether oxygens (including phenoxy) is 1. The minimum atomic E-state index is -0.0844. The molecule has 3 nitrogen and oxygen atoms in total. The van der Waals surface area contributed by atoms with Gasteiger partial charge in [0.15, 0.2) is 0 Å². The number of aliphatic imine (C=N–C) groups is 1. The molecule has 2 rings (SSSR count). The van der Waals surface area contributed by atoms with Crippen LogP contribution in [-0.2, 0) is 4.74 Å². The van der Waals surface area contributed by atoms with Gasteiger partial charge in [-0.1, -0.05) is 0 Å². The molecule has 0 unspecified atom stereocenters. The second kappa shape index (κ2) is 2.55. The smallest absolute Gasteiger partial charge is 0.236 e. The Labute approximate surface area is 75.1 Å². The van der Waals surface area contributed by atoms with Gasteiger partial charge in [-0.2, -0.15) is 0 Å². The van der Waals surface area contributed by atoms with Gasteiger partial charge < -0.3 is 4.74 Å². The fourth-order valence-corrected chi connectivity index (χ4v) is 1.56. The molecule has 2 heterocycles. The van der Waals surface area contributed by atoms with Gasteiger partial charge in [0.2, 0.25) is 5.90 Å². The van der Waals surface area contributed by atoms with E-state index in [2.05, 4.69) is 9.98 Å².